The van der Waals surface area contributed by atoms with Crippen LogP contribution in [0.2, 0.25) is 5.02 Å². The van der Waals surface area contributed by atoms with Crippen LogP contribution in [-0.2, 0) is 4.79 Å². The first-order valence-corrected chi connectivity index (χ1v) is 8.32. The summed E-state index contributed by atoms with van der Waals surface area (Å²) in [5.41, 5.74) is 6.39. The highest BCUT2D eigenvalue weighted by atomic mass is 35.5. The molecule has 2 unspecified atom stereocenters. The largest absolute Gasteiger partial charge is 0.348 e. The quantitative estimate of drug-likeness (QED) is 0.866. The SMILES string of the molecule is CCCC(C)(N)C(=O)NC1CCSc2ccc(Cl)cc21.Cl. The van der Waals surface area contributed by atoms with E-state index in [1.807, 2.05) is 25.1 Å². The Bertz CT molecular complexity index is 508. The first kappa shape index (κ1) is 18.6. The molecule has 0 radical (unpaired) electrons. The first-order valence-electron chi connectivity index (χ1n) is 6.96. The third-order valence-electron chi connectivity index (χ3n) is 3.60. The lowest BCUT2D eigenvalue weighted by Crippen LogP contribution is -2.52. The van der Waals surface area contributed by atoms with Crippen molar-refractivity contribution in [3.05, 3.63) is 28.8 Å². The van der Waals surface area contributed by atoms with E-state index in [1.54, 1.807) is 18.7 Å². The molecule has 1 aromatic carbocycles. The molecule has 1 aliphatic heterocycles. The number of halogens is 2. The zero-order chi connectivity index (χ0) is 14.8. The Labute approximate surface area is 141 Å². The summed E-state index contributed by atoms with van der Waals surface area (Å²) in [6.07, 6.45) is 2.48. The van der Waals surface area contributed by atoms with Crippen LogP contribution < -0.4 is 11.1 Å². The maximum atomic E-state index is 12.3. The van der Waals surface area contributed by atoms with E-state index < -0.39 is 5.54 Å². The van der Waals surface area contributed by atoms with Crippen molar-refractivity contribution in [2.45, 2.75) is 49.6 Å². The third kappa shape index (κ3) is 4.52. The van der Waals surface area contributed by atoms with Gasteiger partial charge >= 0.3 is 0 Å². The zero-order valence-corrected chi connectivity index (χ0v) is 14.7. The van der Waals surface area contributed by atoms with Gasteiger partial charge in [0, 0.05) is 15.7 Å². The Hall–Kier alpha value is -0.420. The fourth-order valence-electron chi connectivity index (χ4n) is 2.47. The van der Waals surface area contributed by atoms with E-state index in [9.17, 15) is 4.79 Å². The molecule has 118 valence electrons. The third-order valence-corrected chi connectivity index (χ3v) is 4.96. The summed E-state index contributed by atoms with van der Waals surface area (Å²) in [6, 6.07) is 5.87. The molecular weight excluding hydrogens is 327 g/mol. The second-order valence-corrected chi connectivity index (χ2v) is 7.09. The van der Waals surface area contributed by atoms with Gasteiger partial charge in [0.25, 0.3) is 0 Å². The minimum absolute atomic E-state index is 0. The molecule has 6 heteroatoms. The summed E-state index contributed by atoms with van der Waals surface area (Å²) in [5, 5.41) is 3.79. The number of benzene rings is 1. The average Bonchev–Trinajstić information content (AvgIpc) is 2.39. The second-order valence-electron chi connectivity index (χ2n) is 5.51. The van der Waals surface area contributed by atoms with E-state index in [4.69, 9.17) is 17.3 Å². The number of thioether (sulfide) groups is 1. The van der Waals surface area contributed by atoms with E-state index >= 15 is 0 Å². The average molecular weight is 349 g/mol. The van der Waals surface area contributed by atoms with Crippen LogP contribution in [0.3, 0.4) is 0 Å². The molecule has 0 bridgehead atoms. The predicted octanol–water partition coefficient (Wildman–Crippen LogP) is 3.93. The topological polar surface area (TPSA) is 55.1 Å². The summed E-state index contributed by atoms with van der Waals surface area (Å²) < 4.78 is 0. The van der Waals surface area contributed by atoms with Crippen LogP contribution in [0.5, 0.6) is 0 Å². The van der Waals surface area contributed by atoms with Crippen LogP contribution in [-0.4, -0.2) is 17.2 Å². The molecule has 2 atom stereocenters. The number of nitrogens with one attached hydrogen (secondary N) is 1. The summed E-state index contributed by atoms with van der Waals surface area (Å²) in [5.74, 6) is 0.913. The fourth-order valence-corrected chi connectivity index (χ4v) is 3.76. The lowest BCUT2D eigenvalue weighted by molar-refractivity contribution is -0.126. The molecule has 2 rings (SSSR count). The smallest absolute Gasteiger partial charge is 0.240 e. The number of rotatable bonds is 4. The van der Waals surface area contributed by atoms with Gasteiger partial charge in [-0.1, -0.05) is 24.9 Å². The summed E-state index contributed by atoms with van der Waals surface area (Å²) >= 11 is 7.88. The molecule has 0 spiro atoms. The Morgan fingerprint density at radius 3 is 2.95 bits per heavy atom. The van der Waals surface area contributed by atoms with Gasteiger partial charge in [0.1, 0.15) is 0 Å². The lowest BCUT2D eigenvalue weighted by Gasteiger charge is -2.30. The number of fused-ring (bicyclic) bond motifs is 1. The summed E-state index contributed by atoms with van der Waals surface area (Å²) in [4.78, 5) is 13.5. The number of hydrogen-bond donors (Lipinski definition) is 2. The number of carbonyl (C=O) groups excluding carboxylic acids is 1. The Balaban J connectivity index is 0.00000220. The number of carbonyl (C=O) groups is 1. The minimum Gasteiger partial charge on any atom is -0.348 e. The standard InChI is InChI=1S/C15H21ClN2OS.ClH/c1-3-7-15(2,17)14(19)18-12-6-8-20-13-5-4-10(16)9-11(12)13;/h4-5,9,12H,3,6-8,17H2,1-2H3,(H,18,19);1H. The summed E-state index contributed by atoms with van der Waals surface area (Å²) in [6.45, 7) is 3.83. The highest BCUT2D eigenvalue weighted by Crippen LogP contribution is 2.37. The fraction of sp³-hybridized carbons (Fsp3) is 0.533. The van der Waals surface area contributed by atoms with Gasteiger partial charge in [-0.2, -0.15) is 0 Å². The Morgan fingerprint density at radius 1 is 1.57 bits per heavy atom. The highest BCUT2D eigenvalue weighted by molar-refractivity contribution is 7.99. The van der Waals surface area contributed by atoms with Crippen molar-refractivity contribution in [3.63, 3.8) is 0 Å². The molecule has 1 aromatic rings. The van der Waals surface area contributed by atoms with Crippen molar-refractivity contribution in [2.75, 3.05) is 5.75 Å². The van der Waals surface area contributed by atoms with Crippen LogP contribution in [0.15, 0.2) is 23.1 Å². The maximum absolute atomic E-state index is 12.3. The van der Waals surface area contributed by atoms with Crippen molar-refractivity contribution in [2.24, 2.45) is 5.73 Å². The predicted molar refractivity (Wildman–Crippen MR) is 92.4 cm³/mol. The zero-order valence-electron chi connectivity index (χ0n) is 12.3. The van der Waals surface area contributed by atoms with Crippen molar-refractivity contribution < 1.29 is 4.79 Å². The highest BCUT2D eigenvalue weighted by Gasteiger charge is 2.31. The van der Waals surface area contributed by atoms with Crippen LogP contribution in [0.25, 0.3) is 0 Å². The normalized spacial score (nSPS) is 19.9. The van der Waals surface area contributed by atoms with Gasteiger partial charge in [-0.3, -0.25) is 4.79 Å². The van der Waals surface area contributed by atoms with E-state index in [1.165, 1.54) is 4.90 Å². The van der Waals surface area contributed by atoms with Gasteiger partial charge in [-0.05, 0) is 43.5 Å². The van der Waals surface area contributed by atoms with Crippen LogP contribution in [0.1, 0.15) is 44.7 Å². The van der Waals surface area contributed by atoms with Gasteiger partial charge in [-0.15, -0.1) is 24.2 Å². The monoisotopic (exact) mass is 348 g/mol. The van der Waals surface area contributed by atoms with Gasteiger partial charge in [0.15, 0.2) is 0 Å². The van der Waals surface area contributed by atoms with Crippen molar-refractivity contribution in [1.82, 2.24) is 5.32 Å². The number of hydrogen-bond acceptors (Lipinski definition) is 3. The molecule has 0 saturated carbocycles. The number of nitrogens with two attached hydrogens (primary N) is 1. The van der Waals surface area contributed by atoms with Gasteiger partial charge in [0.2, 0.25) is 5.91 Å². The van der Waals surface area contributed by atoms with Crippen molar-refractivity contribution >= 4 is 41.7 Å². The molecule has 0 saturated heterocycles. The van der Waals surface area contributed by atoms with Gasteiger partial charge in [-0.25, -0.2) is 0 Å². The molecule has 3 N–H and O–H groups in total. The lowest BCUT2D eigenvalue weighted by atomic mass is 9.95. The molecule has 0 aliphatic carbocycles. The summed E-state index contributed by atoms with van der Waals surface area (Å²) in [7, 11) is 0. The molecule has 1 heterocycles. The Morgan fingerprint density at radius 2 is 2.29 bits per heavy atom. The van der Waals surface area contributed by atoms with E-state index in [2.05, 4.69) is 5.32 Å². The molecule has 1 aliphatic rings. The van der Waals surface area contributed by atoms with Gasteiger partial charge < -0.3 is 11.1 Å². The maximum Gasteiger partial charge on any atom is 0.240 e. The first-order chi connectivity index (χ1) is 9.44. The molecule has 21 heavy (non-hydrogen) atoms. The van der Waals surface area contributed by atoms with Crippen LogP contribution >= 0.6 is 35.8 Å². The van der Waals surface area contributed by atoms with Crippen molar-refractivity contribution in [1.29, 1.82) is 0 Å². The minimum atomic E-state index is -0.807. The van der Waals surface area contributed by atoms with E-state index in [-0.39, 0.29) is 24.4 Å². The van der Waals surface area contributed by atoms with Gasteiger partial charge in [0.05, 0.1) is 11.6 Å². The molecule has 0 aromatic heterocycles. The second kappa shape index (κ2) is 7.73. The van der Waals surface area contributed by atoms with E-state index in [0.717, 1.165) is 24.2 Å². The van der Waals surface area contributed by atoms with E-state index in [0.29, 0.717) is 11.4 Å². The molecule has 0 fully saturated rings. The number of amides is 1. The Kier molecular flexibility index (Phi) is 6.85. The van der Waals surface area contributed by atoms with Crippen molar-refractivity contribution in [3.8, 4) is 0 Å². The van der Waals surface area contributed by atoms with Crippen LogP contribution in [0, 0.1) is 0 Å². The molecule has 3 nitrogen and oxygen atoms in total. The molecular formula is C15H22Cl2N2OS. The van der Waals surface area contributed by atoms with Crippen LogP contribution in [0.4, 0.5) is 0 Å². The molecule has 1 amide bonds.